The van der Waals surface area contributed by atoms with Crippen molar-refractivity contribution in [1.82, 2.24) is 10.6 Å². The quantitative estimate of drug-likeness (QED) is 0.498. The van der Waals surface area contributed by atoms with Gasteiger partial charge in [0, 0.05) is 31.5 Å². The third-order valence-corrected chi connectivity index (χ3v) is 5.00. The van der Waals surface area contributed by atoms with E-state index in [1.54, 1.807) is 13.0 Å². The Morgan fingerprint density at radius 1 is 1.32 bits per heavy atom. The summed E-state index contributed by atoms with van der Waals surface area (Å²) in [6.45, 7) is -1.03. The molecule has 1 aromatic carbocycles. The second-order valence-corrected chi connectivity index (χ2v) is 7.41. The predicted molar refractivity (Wildman–Crippen MR) is 92.2 cm³/mol. The van der Waals surface area contributed by atoms with E-state index in [1.165, 1.54) is 26.3 Å². The van der Waals surface area contributed by atoms with Crippen LogP contribution in [0.1, 0.15) is 12.5 Å². The maximum Gasteiger partial charge on any atom is 0.387 e. The molecule has 0 aliphatic carbocycles. The van der Waals surface area contributed by atoms with Crippen LogP contribution in [-0.2, 0) is 16.4 Å². The van der Waals surface area contributed by atoms with Gasteiger partial charge in [-0.3, -0.25) is 4.99 Å². The van der Waals surface area contributed by atoms with Crippen molar-refractivity contribution in [3.8, 4) is 11.5 Å². The first-order valence-electron chi connectivity index (χ1n) is 7.58. The van der Waals surface area contributed by atoms with Crippen LogP contribution in [-0.4, -0.2) is 53.2 Å². The second kappa shape index (κ2) is 10.0. The van der Waals surface area contributed by atoms with Crippen LogP contribution < -0.4 is 20.1 Å². The van der Waals surface area contributed by atoms with E-state index in [0.717, 1.165) is 0 Å². The predicted octanol–water partition coefficient (Wildman–Crippen LogP) is 1.40. The molecule has 0 radical (unpaired) electrons. The molecule has 0 aliphatic rings. The Morgan fingerprint density at radius 2 is 2.04 bits per heavy atom. The molecule has 0 bridgehead atoms. The number of benzene rings is 1. The van der Waals surface area contributed by atoms with Crippen LogP contribution in [0.15, 0.2) is 23.2 Å². The number of hydrogen-bond donors (Lipinski definition) is 2. The first kappa shape index (κ1) is 20.9. The Bertz CT molecular complexity index is 681. The van der Waals surface area contributed by atoms with Crippen LogP contribution >= 0.6 is 0 Å². The summed E-state index contributed by atoms with van der Waals surface area (Å²) in [5.41, 5.74) is 0.448. The Kier molecular flexibility index (Phi) is 8.39. The molecule has 0 aliphatic heterocycles. The molecule has 7 nitrogen and oxygen atoms in total. The normalized spacial score (nSPS) is 12.2. The van der Waals surface area contributed by atoms with Crippen molar-refractivity contribution in [3.05, 3.63) is 23.8 Å². The standard InChI is InChI=1S/C15H23F2N3O4S/c1-4-25(21,22)8-7-19-15(18-2)20-10-11-9-12(23-3)5-6-13(11)24-14(16)17/h5-6,9,14H,4,7-8,10H2,1-3H3,(H2,18,19,20). The lowest BCUT2D eigenvalue weighted by Crippen LogP contribution is -2.39. The molecule has 0 unspecified atom stereocenters. The summed E-state index contributed by atoms with van der Waals surface area (Å²) in [4.78, 5) is 3.96. The highest BCUT2D eigenvalue weighted by atomic mass is 32.2. The number of sulfone groups is 1. The van der Waals surface area contributed by atoms with Gasteiger partial charge < -0.3 is 20.1 Å². The van der Waals surface area contributed by atoms with Gasteiger partial charge in [-0.1, -0.05) is 6.92 Å². The van der Waals surface area contributed by atoms with Gasteiger partial charge in [0.25, 0.3) is 0 Å². The number of nitrogens with one attached hydrogen (secondary N) is 2. The lowest BCUT2D eigenvalue weighted by atomic mass is 10.2. The zero-order chi connectivity index (χ0) is 18.9. The van der Waals surface area contributed by atoms with Crippen molar-refractivity contribution in [2.45, 2.75) is 20.1 Å². The summed E-state index contributed by atoms with van der Waals surface area (Å²) in [5.74, 6) is 0.905. The fourth-order valence-electron chi connectivity index (χ4n) is 1.90. The molecule has 0 saturated heterocycles. The van der Waals surface area contributed by atoms with Crippen molar-refractivity contribution < 1.29 is 26.7 Å². The first-order valence-corrected chi connectivity index (χ1v) is 9.40. The number of hydrogen-bond acceptors (Lipinski definition) is 5. The van der Waals surface area contributed by atoms with E-state index in [0.29, 0.717) is 17.3 Å². The Labute approximate surface area is 146 Å². The highest BCUT2D eigenvalue weighted by molar-refractivity contribution is 7.91. The Hall–Kier alpha value is -2.10. The minimum atomic E-state index is -3.08. The van der Waals surface area contributed by atoms with Gasteiger partial charge >= 0.3 is 6.61 Å². The van der Waals surface area contributed by atoms with Crippen molar-refractivity contribution in [2.75, 3.05) is 32.2 Å². The van der Waals surface area contributed by atoms with Gasteiger partial charge in [-0.2, -0.15) is 8.78 Å². The smallest absolute Gasteiger partial charge is 0.387 e. The minimum Gasteiger partial charge on any atom is -0.497 e. The average molecular weight is 379 g/mol. The maximum atomic E-state index is 12.5. The third-order valence-electron chi connectivity index (χ3n) is 3.30. The topological polar surface area (TPSA) is 89.0 Å². The molecule has 2 N–H and O–H groups in total. The van der Waals surface area contributed by atoms with E-state index in [-0.39, 0.29) is 30.3 Å². The number of nitrogens with zero attached hydrogens (tertiary/aromatic N) is 1. The van der Waals surface area contributed by atoms with E-state index in [9.17, 15) is 17.2 Å². The molecular weight excluding hydrogens is 356 g/mol. The first-order chi connectivity index (χ1) is 11.8. The number of rotatable bonds is 9. The average Bonchev–Trinajstić information content (AvgIpc) is 2.58. The molecule has 142 valence electrons. The van der Waals surface area contributed by atoms with Gasteiger partial charge in [0.2, 0.25) is 0 Å². The zero-order valence-corrected chi connectivity index (χ0v) is 15.2. The lowest BCUT2D eigenvalue weighted by Gasteiger charge is -2.15. The van der Waals surface area contributed by atoms with E-state index in [1.807, 2.05) is 0 Å². The number of alkyl halides is 2. The molecule has 0 fully saturated rings. The van der Waals surface area contributed by atoms with E-state index in [4.69, 9.17) is 4.74 Å². The molecule has 1 rings (SSSR count). The number of guanidine groups is 1. The van der Waals surface area contributed by atoms with Crippen molar-refractivity contribution in [3.63, 3.8) is 0 Å². The molecule has 0 aromatic heterocycles. The lowest BCUT2D eigenvalue weighted by molar-refractivity contribution is -0.0505. The van der Waals surface area contributed by atoms with Crippen LogP contribution in [0.5, 0.6) is 11.5 Å². The number of halogens is 2. The molecule has 0 saturated carbocycles. The van der Waals surface area contributed by atoms with Crippen molar-refractivity contribution in [1.29, 1.82) is 0 Å². The van der Waals surface area contributed by atoms with E-state index >= 15 is 0 Å². The molecule has 10 heteroatoms. The summed E-state index contributed by atoms with van der Waals surface area (Å²) in [5, 5.41) is 5.78. The molecule has 0 amide bonds. The van der Waals surface area contributed by atoms with Crippen molar-refractivity contribution >= 4 is 15.8 Å². The molecule has 0 spiro atoms. The van der Waals surface area contributed by atoms with Crippen LogP contribution in [0.4, 0.5) is 8.78 Å². The summed E-state index contributed by atoms with van der Waals surface area (Å²) < 4.78 is 57.5. The molecule has 0 atom stereocenters. The zero-order valence-electron chi connectivity index (χ0n) is 14.4. The van der Waals surface area contributed by atoms with Gasteiger partial charge in [0.1, 0.15) is 11.5 Å². The highest BCUT2D eigenvalue weighted by Crippen LogP contribution is 2.25. The third kappa shape index (κ3) is 7.55. The molecule has 1 aromatic rings. The van der Waals surface area contributed by atoms with E-state index in [2.05, 4.69) is 20.4 Å². The second-order valence-electron chi connectivity index (χ2n) is 4.94. The van der Waals surface area contributed by atoms with Gasteiger partial charge in [-0.05, 0) is 18.2 Å². The summed E-state index contributed by atoms with van der Waals surface area (Å²) >= 11 is 0. The SMILES string of the molecule is CCS(=O)(=O)CCNC(=NC)NCc1cc(OC)ccc1OC(F)F. The van der Waals surface area contributed by atoms with Gasteiger partial charge in [0.15, 0.2) is 15.8 Å². The van der Waals surface area contributed by atoms with Crippen molar-refractivity contribution in [2.24, 2.45) is 4.99 Å². The van der Waals surface area contributed by atoms with Gasteiger partial charge in [-0.15, -0.1) is 0 Å². The summed E-state index contributed by atoms with van der Waals surface area (Å²) in [6.07, 6.45) is 0. The summed E-state index contributed by atoms with van der Waals surface area (Å²) in [6, 6.07) is 4.48. The van der Waals surface area contributed by atoms with E-state index < -0.39 is 16.4 Å². The van der Waals surface area contributed by atoms with Crippen LogP contribution in [0.25, 0.3) is 0 Å². The van der Waals surface area contributed by atoms with Crippen LogP contribution in [0.2, 0.25) is 0 Å². The number of ether oxygens (including phenoxy) is 2. The monoisotopic (exact) mass is 379 g/mol. The molecule has 0 heterocycles. The summed E-state index contributed by atoms with van der Waals surface area (Å²) in [7, 11) is -0.0981. The Balaban J connectivity index is 2.70. The van der Waals surface area contributed by atoms with Gasteiger partial charge in [0.05, 0.1) is 12.9 Å². The number of methoxy groups -OCH3 is 1. The molecular formula is C15H23F2N3O4S. The van der Waals surface area contributed by atoms with Gasteiger partial charge in [-0.25, -0.2) is 8.42 Å². The minimum absolute atomic E-state index is 0.0207. The highest BCUT2D eigenvalue weighted by Gasteiger charge is 2.12. The molecule has 25 heavy (non-hydrogen) atoms. The maximum absolute atomic E-state index is 12.5. The largest absolute Gasteiger partial charge is 0.497 e. The Morgan fingerprint density at radius 3 is 2.60 bits per heavy atom. The fourth-order valence-corrected chi connectivity index (χ4v) is 2.60. The number of aliphatic imine (C=N–C) groups is 1. The fraction of sp³-hybridized carbons (Fsp3) is 0.533. The van der Waals surface area contributed by atoms with Crippen LogP contribution in [0, 0.1) is 0 Å². The van der Waals surface area contributed by atoms with Crippen LogP contribution in [0.3, 0.4) is 0 Å².